The van der Waals surface area contributed by atoms with Crippen LogP contribution in [0.3, 0.4) is 0 Å². The van der Waals surface area contributed by atoms with Crippen molar-refractivity contribution in [1.29, 1.82) is 0 Å². The van der Waals surface area contributed by atoms with Crippen LogP contribution in [0.1, 0.15) is 29.9 Å². The molecule has 1 amide bonds. The van der Waals surface area contributed by atoms with Gasteiger partial charge in [0.2, 0.25) is 5.91 Å². The van der Waals surface area contributed by atoms with Crippen molar-refractivity contribution in [2.45, 2.75) is 37.4 Å². The highest BCUT2D eigenvalue weighted by molar-refractivity contribution is 5.77. The van der Waals surface area contributed by atoms with E-state index in [0.29, 0.717) is 18.4 Å². The van der Waals surface area contributed by atoms with Crippen LogP contribution in [-0.4, -0.2) is 29.4 Å². The maximum atomic E-state index is 11.9. The fourth-order valence-electron chi connectivity index (χ4n) is 4.11. The molecule has 2 aromatic carbocycles. The molecule has 3 atom stereocenters. The van der Waals surface area contributed by atoms with E-state index in [-0.39, 0.29) is 11.9 Å². The van der Waals surface area contributed by atoms with Gasteiger partial charge in [0.25, 0.3) is 0 Å². The first-order chi connectivity index (χ1) is 11.3. The van der Waals surface area contributed by atoms with Crippen LogP contribution in [0.4, 0.5) is 0 Å². The van der Waals surface area contributed by atoms with Crippen molar-refractivity contribution < 1.29 is 4.79 Å². The number of amides is 1. The predicted octanol–water partition coefficient (Wildman–Crippen LogP) is 2.93. The second-order valence-corrected chi connectivity index (χ2v) is 6.63. The van der Waals surface area contributed by atoms with E-state index in [1.807, 2.05) is 0 Å². The van der Waals surface area contributed by atoms with Gasteiger partial charge < -0.3 is 5.32 Å². The van der Waals surface area contributed by atoms with Crippen LogP contribution >= 0.6 is 0 Å². The second-order valence-electron chi connectivity index (χ2n) is 6.63. The van der Waals surface area contributed by atoms with E-state index in [1.54, 1.807) is 0 Å². The number of hydrogen-bond donors (Lipinski definition) is 1. The van der Waals surface area contributed by atoms with Crippen LogP contribution in [0.2, 0.25) is 0 Å². The largest absolute Gasteiger partial charge is 0.351 e. The van der Waals surface area contributed by atoms with Crippen molar-refractivity contribution in [2.75, 3.05) is 6.54 Å². The number of nitrogens with zero attached hydrogens (tertiary/aromatic N) is 1. The van der Waals surface area contributed by atoms with Gasteiger partial charge in [-0.05, 0) is 17.5 Å². The highest BCUT2D eigenvalue weighted by atomic mass is 16.1. The third-order valence-electron chi connectivity index (χ3n) is 5.20. The minimum absolute atomic E-state index is 0.203. The van der Waals surface area contributed by atoms with Crippen LogP contribution in [0.5, 0.6) is 0 Å². The molecule has 2 fully saturated rings. The summed E-state index contributed by atoms with van der Waals surface area (Å²) in [7, 11) is 0. The monoisotopic (exact) mass is 306 g/mol. The van der Waals surface area contributed by atoms with Gasteiger partial charge in [-0.3, -0.25) is 9.69 Å². The summed E-state index contributed by atoms with van der Waals surface area (Å²) < 4.78 is 0. The van der Waals surface area contributed by atoms with Gasteiger partial charge >= 0.3 is 0 Å². The summed E-state index contributed by atoms with van der Waals surface area (Å²) >= 11 is 0. The lowest BCUT2D eigenvalue weighted by Gasteiger charge is -2.33. The van der Waals surface area contributed by atoms with Crippen LogP contribution in [-0.2, 0) is 11.3 Å². The van der Waals surface area contributed by atoms with Crippen LogP contribution < -0.4 is 5.32 Å². The Morgan fingerprint density at radius 3 is 2.43 bits per heavy atom. The Hall–Kier alpha value is -2.13. The molecule has 23 heavy (non-hydrogen) atoms. The molecule has 118 valence electrons. The van der Waals surface area contributed by atoms with Crippen molar-refractivity contribution >= 4 is 5.91 Å². The van der Waals surface area contributed by atoms with E-state index < -0.39 is 0 Å². The molecule has 2 saturated heterocycles. The highest BCUT2D eigenvalue weighted by Crippen LogP contribution is 2.37. The number of nitrogens with one attached hydrogen (secondary N) is 1. The molecule has 2 heterocycles. The van der Waals surface area contributed by atoms with Gasteiger partial charge in [-0.2, -0.15) is 0 Å². The van der Waals surface area contributed by atoms with Crippen molar-refractivity contribution in [1.82, 2.24) is 10.2 Å². The van der Waals surface area contributed by atoms with Gasteiger partial charge in [0.1, 0.15) is 0 Å². The summed E-state index contributed by atoms with van der Waals surface area (Å²) in [5.74, 6) is 0.586. The Morgan fingerprint density at radius 1 is 1.00 bits per heavy atom. The summed E-state index contributed by atoms with van der Waals surface area (Å²) in [6.45, 7) is 1.97. The van der Waals surface area contributed by atoms with Crippen LogP contribution in [0.15, 0.2) is 60.7 Å². The maximum Gasteiger partial charge on any atom is 0.220 e. The quantitative estimate of drug-likeness (QED) is 0.945. The highest BCUT2D eigenvalue weighted by Gasteiger charge is 2.44. The smallest absolute Gasteiger partial charge is 0.220 e. The number of carbonyl (C=O) groups excluding carboxylic acids is 1. The van der Waals surface area contributed by atoms with Gasteiger partial charge in [0.05, 0.1) is 6.04 Å². The minimum Gasteiger partial charge on any atom is -0.351 e. The van der Waals surface area contributed by atoms with Crippen LogP contribution in [0.25, 0.3) is 0 Å². The van der Waals surface area contributed by atoms with E-state index in [9.17, 15) is 4.79 Å². The Kier molecular flexibility index (Phi) is 3.88. The lowest BCUT2D eigenvalue weighted by Crippen LogP contribution is -2.50. The Labute approximate surface area is 137 Å². The molecule has 0 aromatic heterocycles. The molecular formula is C20H22N2O. The number of piperidine rings is 1. The molecule has 0 radical (unpaired) electrons. The van der Waals surface area contributed by atoms with E-state index in [1.165, 1.54) is 11.1 Å². The number of benzene rings is 2. The number of carbonyl (C=O) groups is 1. The predicted molar refractivity (Wildman–Crippen MR) is 91.0 cm³/mol. The zero-order valence-electron chi connectivity index (χ0n) is 13.2. The zero-order chi connectivity index (χ0) is 15.6. The lowest BCUT2D eigenvalue weighted by molar-refractivity contribution is -0.124. The third-order valence-corrected chi connectivity index (χ3v) is 5.20. The molecule has 0 saturated carbocycles. The minimum atomic E-state index is 0.203. The summed E-state index contributed by atoms with van der Waals surface area (Å²) in [6.07, 6.45) is 1.61. The topological polar surface area (TPSA) is 32.3 Å². The van der Waals surface area contributed by atoms with Gasteiger partial charge in [0.15, 0.2) is 0 Å². The Bertz CT molecular complexity index is 671. The van der Waals surface area contributed by atoms with E-state index in [4.69, 9.17) is 0 Å². The molecule has 4 rings (SSSR count). The first-order valence-electron chi connectivity index (χ1n) is 8.43. The van der Waals surface area contributed by atoms with E-state index in [2.05, 4.69) is 70.9 Å². The van der Waals surface area contributed by atoms with E-state index in [0.717, 1.165) is 19.5 Å². The fourth-order valence-corrected chi connectivity index (χ4v) is 4.11. The zero-order valence-corrected chi connectivity index (χ0v) is 13.2. The first-order valence-corrected chi connectivity index (χ1v) is 8.43. The molecular weight excluding hydrogens is 284 g/mol. The van der Waals surface area contributed by atoms with Crippen LogP contribution in [0, 0.1) is 0 Å². The number of likely N-dealkylation sites (tertiary alicyclic amines) is 1. The average molecular weight is 306 g/mol. The van der Waals surface area contributed by atoms with Gasteiger partial charge in [-0.1, -0.05) is 60.7 Å². The van der Waals surface area contributed by atoms with Gasteiger partial charge in [-0.15, -0.1) is 0 Å². The third kappa shape index (κ3) is 2.89. The number of hydrogen-bond acceptors (Lipinski definition) is 2. The standard InChI is InChI=1S/C20H22N2O/c23-19-12-11-18-20(21-19)17(16-9-5-2-6-10-16)14-22(18)13-15-7-3-1-4-8-15/h1-10,17-18,20H,11-14H2,(H,21,23)/t17-,18-,20-/m0/s1. The lowest BCUT2D eigenvalue weighted by atomic mass is 9.87. The van der Waals surface area contributed by atoms with E-state index >= 15 is 0 Å². The second kappa shape index (κ2) is 6.17. The Morgan fingerprint density at radius 2 is 1.70 bits per heavy atom. The molecule has 0 spiro atoms. The molecule has 0 bridgehead atoms. The fraction of sp³-hybridized carbons (Fsp3) is 0.350. The maximum absolute atomic E-state index is 11.9. The number of rotatable bonds is 3. The molecule has 2 aromatic rings. The molecule has 0 unspecified atom stereocenters. The first kappa shape index (κ1) is 14.5. The molecule has 3 heteroatoms. The normalized spacial score (nSPS) is 27.5. The Balaban J connectivity index is 1.60. The summed E-state index contributed by atoms with van der Waals surface area (Å²) in [6, 6.07) is 21.9. The van der Waals surface area contributed by atoms with Gasteiger partial charge in [0, 0.05) is 31.5 Å². The van der Waals surface area contributed by atoms with Gasteiger partial charge in [-0.25, -0.2) is 0 Å². The molecule has 2 aliphatic heterocycles. The molecule has 2 aliphatic rings. The molecule has 3 nitrogen and oxygen atoms in total. The summed E-state index contributed by atoms with van der Waals surface area (Å²) in [4.78, 5) is 14.5. The van der Waals surface area contributed by atoms with Crippen molar-refractivity contribution in [2.24, 2.45) is 0 Å². The summed E-state index contributed by atoms with van der Waals surface area (Å²) in [5, 5.41) is 3.26. The molecule has 1 N–H and O–H groups in total. The SMILES string of the molecule is O=C1CC[C@H]2[C@@H](N1)[C@H](c1ccccc1)CN2Cc1ccccc1. The molecule has 0 aliphatic carbocycles. The average Bonchev–Trinajstić information content (AvgIpc) is 2.94. The summed E-state index contributed by atoms with van der Waals surface area (Å²) in [5.41, 5.74) is 2.68. The van der Waals surface area contributed by atoms with Crippen molar-refractivity contribution in [3.63, 3.8) is 0 Å². The number of fused-ring (bicyclic) bond motifs is 1. The van der Waals surface area contributed by atoms with Crippen molar-refractivity contribution in [3.8, 4) is 0 Å². The van der Waals surface area contributed by atoms with Crippen molar-refractivity contribution in [3.05, 3.63) is 71.8 Å².